The quantitative estimate of drug-likeness (QED) is 0.516. The molecule has 188 valence electrons. The summed E-state index contributed by atoms with van der Waals surface area (Å²) >= 11 is 0. The first-order valence-electron chi connectivity index (χ1n) is 12.2. The van der Waals surface area contributed by atoms with Crippen LogP contribution in [0.4, 0.5) is 10.5 Å². The van der Waals surface area contributed by atoms with E-state index in [1.807, 2.05) is 11.9 Å². The lowest BCUT2D eigenvalue weighted by Gasteiger charge is -2.29. The zero-order valence-corrected chi connectivity index (χ0v) is 20.9. The lowest BCUT2D eigenvalue weighted by Crippen LogP contribution is -2.43. The average Bonchev–Trinajstić information content (AvgIpc) is 3.28. The van der Waals surface area contributed by atoms with Crippen LogP contribution in [0.15, 0.2) is 65.8 Å². The van der Waals surface area contributed by atoms with Crippen molar-refractivity contribution in [2.45, 2.75) is 56.0 Å². The fraction of sp³-hybridized carbons (Fsp3) is 0.346. The molecule has 3 aromatic rings. The molecule has 10 heteroatoms. The van der Waals surface area contributed by atoms with Crippen LogP contribution in [-0.4, -0.2) is 52.4 Å². The average molecular weight is 508 g/mol. The number of rotatable bonds is 5. The van der Waals surface area contributed by atoms with E-state index in [1.54, 1.807) is 59.5 Å². The Morgan fingerprint density at radius 3 is 2.58 bits per heavy atom. The van der Waals surface area contributed by atoms with Crippen molar-refractivity contribution in [3.63, 3.8) is 0 Å². The predicted octanol–water partition coefficient (Wildman–Crippen LogP) is 4.40. The van der Waals surface area contributed by atoms with Crippen LogP contribution in [0.2, 0.25) is 0 Å². The molecule has 1 saturated carbocycles. The van der Waals surface area contributed by atoms with Crippen LogP contribution in [0.1, 0.15) is 54.4 Å². The highest BCUT2D eigenvalue weighted by Gasteiger charge is 2.37. The largest absolute Gasteiger partial charge is 0.339 e. The van der Waals surface area contributed by atoms with Crippen LogP contribution in [0.5, 0.6) is 0 Å². The van der Waals surface area contributed by atoms with Gasteiger partial charge in [0.1, 0.15) is 4.90 Å². The molecule has 3 amide bonds. The number of aromatic nitrogens is 2. The molecule has 2 aromatic carbocycles. The van der Waals surface area contributed by atoms with Crippen LogP contribution < -0.4 is 5.32 Å². The van der Waals surface area contributed by atoms with Crippen molar-refractivity contribution < 1.29 is 18.0 Å². The van der Waals surface area contributed by atoms with Crippen LogP contribution in [0.25, 0.3) is 5.69 Å². The van der Waals surface area contributed by atoms with Crippen molar-refractivity contribution in [2.24, 2.45) is 0 Å². The number of amides is 3. The molecule has 1 N–H and O–H groups in total. The molecule has 9 nitrogen and oxygen atoms in total. The Kier molecular flexibility index (Phi) is 6.53. The van der Waals surface area contributed by atoms with Crippen molar-refractivity contribution in [3.8, 4) is 5.69 Å². The number of carbonyl (C=O) groups is 2. The van der Waals surface area contributed by atoms with Gasteiger partial charge in [0.25, 0.3) is 15.9 Å². The molecular weight excluding hydrogens is 478 g/mol. The summed E-state index contributed by atoms with van der Waals surface area (Å²) in [7, 11) is -2.29. The maximum atomic E-state index is 13.5. The van der Waals surface area contributed by atoms with Gasteiger partial charge in [-0.3, -0.25) is 4.79 Å². The summed E-state index contributed by atoms with van der Waals surface area (Å²) < 4.78 is 29.3. The van der Waals surface area contributed by atoms with Gasteiger partial charge in [0.15, 0.2) is 0 Å². The second-order valence-electron chi connectivity index (χ2n) is 9.33. The van der Waals surface area contributed by atoms with Gasteiger partial charge in [0.2, 0.25) is 0 Å². The second kappa shape index (κ2) is 9.77. The molecule has 36 heavy (non-hydrogen) atoms. The molecular formula is C26H29N5O4S. The topological polar surface area (TPSA) is 105 Å². The molecule has 1 aliphatic carbocycles. The number of benzene rings is 2. The Labute approximate surface area is 210 Å². The van der Waals surface area contributed by atoms with Gasteiger partial charge in [-0.1, -0.05) is 37.8 Å². The van der Waals surface area contributed by atoms with Gasteiger partial charge in [-0.15, -0.1) is 0 Å². The molecule has 1 aromatic heterocycles. The number of nitrogens with one attached hydrogen (secondary N) is 1. The zero-order valence-electron chi connectivity index (χ0n) is 20.1. The lowest BCUT2D eigenvalue weighted by molar-refractivity contribution is 0.0717. The molecule has 2 aliphatic rings. The fourth-order valence-corrected chi connectivity index (χ4v) is 6.42. The summed E-state index contributed by atoms with van der Waals surface area (Å²) in [6.07, 6.45) is 9.94. The highest BCUT2D eigenvalue weighted by molar-refractivity contribution is 7.90. The molecule has 0 atom stereocenters. The summed E-state index contributed by atoms with van der Waals surface area (Å²) in [5.74, 6) is -0.0936. The maximum Gasteiger partial charge on any atom is 0.336 e. The number of hydrogen-bond donors (Lipinski definition) is 1. The van der Waals surface area contributed by atoms with Crippen molar-refractivity contribution in [3.05, 3.63) is 72.1 Å². The highest BCUT2D eigenvalue weighted by Crippen LogP contribution is 2.33. The maximum absolute atomic E-state index is 13.5. The summed E-state index contributed by atoms with van der Waals surface area (Å²) in [6, 6.07) is 12.8. The molecule has 0 saturated heterocycles. The van der Waals surface area contributed by atoms with Crippen LogP contribution in [-0.2, 0) is 16.6 Å². The molecule has 0 bridgehead atoms. The number of anilines is 1. The van der Waals surface area contributed by atoms with Crippen LogP contribution in [0, 0.1) is 0 Å². The second-order valence-corrected chi connectivity index (χ2v) is 11.2. The molecule has 0 spiro atoms. The third kappa shape index (κ3) is 4.60. The smallest absolute Gasteiger partial charge is 0.336 e. The van der Waals surface area contributed by atoms with E-state index in [-0.39, 0.29) is 29.1 Å². The highest BCUT2D eigenvalue weighted by atomic mass is 32.2. The minimum atomic E-state index is -4.13. The Morgan fingerprint density at radius 2 is 1.86 bits per heavy atom. The first kappa shape index (κ1) is 24.1. The Bertz CT molecular complexity index is 1380. The van der Waals surface area contributed by atoms with Crippen LogP contribution >= 0.6 is 0 Å². The Morgan fingerprint density at radius 1 is 1.08 bits per heavy atom. The molecule has 0 unspecified atom stereocenters. The van der Waals surface area contributed by atoms with Gasteiger partial charge in [-0.25, -0.2) is 22.2 Å². The van der Waals surface area contributed by atoms with Gasteiger partial charge < -0.3 is 10.2 Å². The molecule has 5 rings (SSSR count). The lowest BCUT2D eigenvalue weighted by atomic mass is 10.1. The van der Waals surface area contributed by atoms with E-state index >= 15 is 0 Å². The predicted molar refractivity (Wildman–Crippen MR) is 135 cm³/mol. The number of hydrogen-bond acceptors (Lipinski definition) is 5. The first-order valence-corrected chi connectivity index (χ1v) is 13.6. The van der Waals surface area contributed by atoms with E-state index in [1.165, 1.54) is 18.9 Å². The number of urea groups is 1. The Hall–Kier alpha value is -3.66. The first-order chi connectivity index (χ1) is 17.3. The van der Waals surface area contributed by atoms with E-state index in [9.17, 15) is 18.0 Å². The molecule has 1 fully saturated rings. The van der Waals surface area contributed by atoms with E-state index in [0.29, 0.717) is 16.8 Å². The SMILES string of the molecule is CN(C(=O)c1cccc(CN2C(=O)Nc3ccc(-n4cccn4)cc3S2(=O)=O)c1)C1CCCCCC1. The van der Waals surface area contributed by atoms with Gasteiger partial charge in [0.05, 0.1) is 17.9 Å². The standard InChI is InChI=1S/C26H29N5O4S/c1-29(21-10-4-2-3-5-11-21)25(32)20-9-6-8-19(16-20)18-31-26(33)28-23-13-12-22(30-15-7-14-27-30)17-24(23)36(31,34)35/h6-9,12-17,21H,2-5,10-11,18H2,1H3,(H,28,33). The van der Waals surface area contributed by atoms with Crippen molar-refractivity contribution >= 4 is 27.6 Å². The monoisotopic (exact) mass is 507 g/mol. The summed E-state index contributed by atoms with van der Waals surface area (Å²) in [4.78, 5) is 27.8. The van der Waals surface area contributed by atoms with E-state index in [0.717, 1.165) is 30.0 Å². The van der Waals surface area contributed by atoms with Crippen molar-refractivity contribution in [1.82, 2.24) is 19.0 Å². The van der Waals surface area contributed by atoms with Gasteiger partial charge >= 0.3 is 6.03 Å². The summed E-state index contributed by atoms with van der Waals surface area (Å²) in [5, 5.41) is 6.81. The minimum Gasteiger partial charge on any atom is -0.339 e. The number of sulfonamides is 1. The zero-order chi connectivity index (χ0) is 25.3. The van der Waals surface area contributed by atoms with Gasteiger partial charge in [-0.2, -0.15) is 5.10 Å². The Balaban J connectivity index is 1.39. The van der Waals surface area contributed by atoms with E-state index < -0.39 is 16.1 Å². The normalized spacial score (nSPS) is 17.7. The van der Waals surface area contributed by atoms with Crippen LogP contribution in [0.3, 0.4) is 0 Å². The third-order valence-corrected chi connectivity index (χ3v) is 8.73. The molecule has 2 heterocycles. The number of nitrogens with zero attached hydrogens (tertiary/aromatic N) is 4. The fourth-order valence-electron chi connectivity index (χ4n) is 4.94. The van der Waals surface area contributed by atoms with Gasteiger partial charge in [-0.05, 0) is 54.8 Å². The van der Waals surface area contributed by atoms with Crippen molar-refractivity contribution in [1.29, 1.82) is 0 Å². The number of fused-ring (bicyclic) bond motifs is 1. The van der Waals surface area contributed by atoms with Crippen molar-refractivity contribution in [2.75, 3.05) is 12.4 Å². The molecule has 1 aliphatic heterocycles. The van der Waals surface area contributed by atoms with E-state index in [4.69, 9.17) is 0 Å². The summed E-state index contributed by atoms with van der Waals surface area (Å²) in [6.45, 7) is -0.187. The van der Waals surface area contributed by atoms with Gasteiger partial charge in [0, 0.05) is 31.0 Å². The van der Waals surface area contributed by atoms with E-state index in [2.05, 4.69) is 10.4 Å². The third-order valence-electron chi connectivity index (χ3n) is 6.96. The minimum absolute atomic E-state index is 0.00423. The summed E-state index contributed by atoms with van der Waals surface area (Å²) in [5.41, 5.74) is 1.82. The number of carbonyl (C=O) groups excluding carboxylic acids is 2. The molecule has 0 radical (unpaired) electrons.